The van der Waals surface area contributed by atoms with Gasteiger partial charge in [-0.3, -0.25) is 9.80 Å². The maximum Gasteiger partial charge on any atom is 0.408 e. The van der Waals surface area contributed by atoms with Crippen LogP contribution in [0.3, 0.4) is 0 Å². The number of rotatable bonds is 3. The van der Waals surface area contributed by atoms with Crippen LogP contribution in [0.15, 0.2) is 30.3 Å². The Morgan fingerprint density at radius 2 is 2.00 bits per heavy atom. The van der Waals surface area contributed by atoms with Gasteiger partial charge in [-0.25, -0.2) is 4.79 Å². The molecule has 2 unspecified atom stereocenters. The van der Waals surface area contributed by atoms with Crippen molar-refractivity contribution in [1.82, 2.24) is 9.80 Å². The van der Waals surface area contributed by atoms with Crippen LogP contribution in [0.5, 0.6) is 0 Å². The number of hydrogen-bond donors (Lipinski definition) is 1. The van der Waals surface area contributed by atoms with Crippen molar-refractivity contribution >= 4 is 6.09 Å². The highest BCUT2D eigenvalue weighted by Gasteiger charge is 2.62. The monoisotopic (exact) mass is 304 g/mol. The number of carboxylic acid groups (broad SMARTS) is 1. The van der Waals surface area contributed by atoms with Crippen LogP contribution in [0.25, 0.3) is 0 Å². The fraction of sp³-hybridized carbons (Fsp3) is 0.588. The number of carbonyl (C=O) groups is 1. The van der Waals surface area contributed by atoms with Crippen molar-refractivity contribution in [2.45, 2.75) is 44.0 Å². The SMILES string of the molecule is COC1CC2(C)CN(Cc3ccccc3)C[C@]1(C)N2C(=O)O. The molecule has 1 N–H and O–H groups in total. The van der Waals surface area contributed by atoms with E-state index in [4.69, 9.17) is 4.74 Å². The lowest BCUT2D eigenvalue weighted by atomic mass is 9.94. The molecule has 1 aromatic carbocycles. The molecule has 1 amide bonds. The quantitative estimate of drug-likeness (QED) is 0.932. The number of ether oxygens (including phenoxy) is 1. The molecular weight excluding hydrogens is 280 g/mol. The Labute approximate surface area is 131 Å². The first-order valence-corrected chi connectivity index (χ1v) is 7.71. The summed E-state index contributed by atoms with van der Waals surface area (Å²) < 4.78 is 5.64. The van der Waals surface area contributed by atoms with E-state index in [2.05, 4.69) is 17.0 Å². The highest BCUT2D eigenvalue weighted by molar-refractivity contribution is 5.69. The van der Waals surface area contributed by atoms with E-state index in [9.17, 15) is 9.90 Å². The molecule has 0 saturated carbocycles. The minimum atomic E-state index is -0.844. The second kappa shape index (κ2) is 5.25. The Bertz CT molecular complexity index is 564. The number of methoxy groups -OCH3 is 1. The summed E-state index contributed by atoms with van der Waals surface area (Å²) in [5, 5.41) is 9.69. The Morgan fingerprint density at radius 3 is 2.59 bits per heavy atom. The normalized spacial score (nSPS) is 34.9. The van der Waals surface area contributed by atoms with Crippen LogP contribution in [0.4, 0.5) is 4.79 Å². The van der Waals surface area contributed by atoms with E-state index in [0.29, 0.717) is 6.54 Å². The van der Waals surface area contributed by atoms with E-state index in [1.165, 1.54) is 5.56 Å². The molecule has 0 aromatic heterocycles. The van der Waals surface area contributed by atoms with E-state index in [0.717, 1.165) is 19.5 Å². The van der Waals surface area contributed by atoms with Crippen LogP contribution in [0.2, 0.25) is 0 Å². The van der Waals surface area contributed by atoms with Crippen molar-refractivity contribution in [3.8, 4) is 0 Å². The molecule has 2 fully saturated rings. The molecule has 2 bridgehead atoms. The summed E-state index contributed by atoms with van der Waals surface area (Å²) in [5.74, 6) is 0. The topological polar surface area (TPSA) is 53.0 Å². The molecule has 0 radical (unpaired) electrons. The Balaban J connectivity index is 1.88. The molecule has 5 nitrogen and oxygen atoms in total. The molecule has 2 aliphatic heterocycles. The van der Waals surface area contributed by atoms with Crippen molar-refractivity contribution < 1.29 is 14.6 Å². The average Bonchev–Trinajstić information content (AvgIpc) is 2.59. The van der Waals surface area contributed by atoms with Crippen molar-refractivity contribution in [3.05, 3.63) is 35.9 Å². The highest BCUT2D eigenvalue weighted by atomic mass is 16.5. The van der Waals surface area contributed by atoms with Crippen LogP contribution in [-0.2, 0) is 11.3 Å². The third kappa shape index (κ3) is 2.29. The van der Waals surface area contributed by atoms with Gasteiger partial charge in [-0.1, -0.05) is 30.3 Å². The second-order valence-corrected chi connectivity index (χ2v) is 7.03. The molecule has 2 saturated heterocycles. The van der Waals surface area contributed by atoms with Crippen LogP contribution in [0.1, 0.15) is 25.8 Å². The standard InChI is InChI=1S/C17H24N2O3/c1-16-9-14(22-3)17(2,19(16)15(20)21)12-18(11-16)10-13-7-5-4-6-8-13/h4-8,14H,9-12H2,1-3H3,(H,20,21)/t14?,16?,17-/m0/s1. The molecule has 2 heterocycles. The summed E-state index contributed by atoms with van der Waals surface area (Å²) in [4.78, 5) is 15.8. The minimum absolute atomic E-state index is 0.0608. The molecule has 2 aliphatic rings. The summed E-state index contributed by atoms with van der Waals surface area (Å²) >= 11 is 0. The number of nitrogens with zero attached hydrogens (tertiary/aromatic N) is 2. The first-order chi connectivity index (χ1) is 10.4. The van der Waals surface area contributed by atoms with Crippen molar-refractivity contribution in [2.75, 3.05) is 20.2 Å². The van der Waals surface area contributed by atoms with Gasteiger partial charge in [0.2, 0.25) is 0 Å². The van der Waals surface area contributed by atoms with Gasteiger partial charge in [-0.15, -0.1) is 0 Å². The van der Waals surface area contributed by atoms with Crippen LogP contribution >= 0.6 is 0 Å². The molecule has 3 atom stereocenters. The third-order valence-corrected chi connectivity index (χ3v) is 5.20. The van der Waals surface area contributed by atoms with E-state index >= 15 is 0 Å². The number of benzene rings is 1. The van der Waals surface area contributed by atoms with E-state index in [1.54, 1.807) is 12.0 Å². The van der Waals surface area contributed by atoms with Gasteiger partial charge in [0.05, 0.1) is 17.2 Å². The van der Waals surface area contributed by atoms with Crippen molar-refractivity contribution in [1.29, 1.82) is 0 Å². The van der Waals surface area contributed by atoms with Gasteiger partial charge in [0.25, 0.3) is 0 Å². The van der Waals surface area contributed by atoms with E-state index in [1.807, 2.05) is 32.0 Å². The summed E-state index contributed by atoms with van der Waals surface area (Å²) in [5.41, 5.74) is 0.364. The lowest BCUT2D eigenvalue weighted by molar-refractivity contribution is -0.0544. The van der Waals surface area contributed by atoms with Gasteiger partial charge in [-0.2, -0.15) is 0 Å². The Morgan fingerprint density at radius 1 is 1.32 bits per heavy atom. The zero-order valence-electron chi connectivity index (χ0n) is 13.5. The van der Waals surface area contributed by atoms with Gasteiger partial charge in [0, 0.05) is 33.2 Å². The van der Waals surface area contributed by atoms with Crippen molar-refractivity contribution in [2.24, 2.45) is 0 Å². The Kier molecular flexibility index (Phi) is 3.65. The molecule has 0 aliphatic carbocycles. The maximum absolute atomic E-state index is 11.8. The second-order valence-electron chi connectivity index (χ2n) is 7.03. The number of fused-ring (bicyclic) bond motifs is 2. The fourth-order valence-corrected chi connectivity index (χ4v) is 4.51. The van der Waals surface area contributed by atoms with Crippen LogP contribution < -0.4 is 0 Å². The zero-order valence-corrected chi connectivity index (χ0v) is 13.5. The van der Waals surface area contributed by atoms with Crippen LogP contribution in [0, 0.1) is 0 Å². The van der Waals surface area contributed by atoms with Gasteiger partial charge in [0.15, 0.2) is 0 Å². The molecule has 0 spiro atoms. The Hall–Kier alpha value is -1.59. The summed E-state index contributed by atoms with van der Waals surface area (Å²) in [7, 11) is 1.68. The van der Waals surface area contributed by atoms with E-state index in [-0.39, 0.29) is 6.10 Å². The predicted molar refractivity (Wildman–Crippen MR) is 83.8 cm³/mol. The zero-order chi connectivity index (χ0) is 16.0. The highest BCUT2D eigenvalue weighted by Crippen LogP contribution is 2.47. The fourth-order valence-electron chi connectivity index (χ4n) is 4.51. The summed E-state index contributed by atoms with van der Waals surface area (Å²) in [6, 6.07) is 10.3. The molecule has 5 heteroatoms. The summed E-state index contributed by atoms with van der Waals surface area (Å²) in [6.07, 6.45) is -0.157. The van der Waals surface area contributed by atoms with Gasteiger partial charge >= 0.3 is 6.09 Å². The van der Waals surface area contributed by atoms with Gasteiger partial charge in [0.1, 0.15) is 0 Å². The number of amides is 1. The molecule has 3 rings (SSSR count). The molecule has 120 valence electrons. The lowest BCUT2D eigenvalue weighted by Crippen LogP contribution is -2.68. The smallest absolute Gasteiger partial charge is 0.408 e. The molecule has 1 aromatic rings. The van der Waals surface area contributed by atoms with E-state index < -0.39 is 17.2 Å². The van der Waals surface area contributed by atoms with Crippen LogP contribution in [-0.4, -0.2) is 58.4 Å². The van der Waals surface area contributed by atoms with Gasteiger partial charge in [-0.05, 0) is 19.4 Å². The number of likely N-dealkylation sites (tertiary alicyclic amines) is 1. The lowest BCUT2D eigenvalue weighted by Gasteiger charge is -2.51. The molecule has 22 heavy (non-hydrogen) atoms. The first-order valence-electron chi connectivity index (χ1n) is 7.71. The predicted octanol–water partition coefficient (Wildman–Crippen LogP) is 2.42. The minimum Gasteiger partial charge on any atom is -0.465 e. The first kappa shape index (κ1) is 15.3. The maximum atomic E-state index is 11.8. The average molecular weight is 304 g/mol. The number of hydrogen-bond acceptors (Lipinski definition) is 3. The number of piperazine rings is 1. The summed E-state index contributed by atoms with van der Waals surface area (Å²) in [6.45, 7) is 6.33. The van der Waals surface area contributed by atoms with Crippen molar-refractivity contribution in [3.63, 3.8) is 0 Å². The van der Waals surface area contributed by atoms with Gasteiger partial charge < -0.3 is 9.84 Å². The molecular formula is C17H24N2O3. The largest absolute Gasteiger partial charge is 0.465 e. The third-order valence-electron chi connectivity index (χ3n) is 5.20.